The highest BCUT2D eigenvalue weighted by molar-refractivity contribution is 6.26. The van der Waals surface area contributed by atoms with Crippen LogP contribution in [0.5, 0.6) is 0 Å². The van der Waals surface area contributed by atoms with Crippen LogP contribution in [0.2, 0.25) is 0 Å². The Morgan fingerprint density at radius 2 is 1.42 bits per heavy atom. The summed E-state index contributed by atoms with van der Waals surface area (Å²) in [6.07, 6.45) is 14.1. The number of fused-ring (bicyclic) bond motifs is 6. The maximum Gasteiger partial charge on any atom is 0.340 e. The van der Waals surface area contributed by atoms with Crippen LogP contribution in [-0.2, 0) is 15.0 Å². The molecule has 3 aromatic carbocycles. The molecule has 4 aliphatic rings. The van der Waals surface area contributed by atoms with Gasteiger partial charge >= 0.3 is 11.9 Å². The Morgan fingerprint density at radius 1 is 0.708 bits per heavy atom. The van der Waals surface area contributed by atoms with Crippen LogP contribution in [0.4, 0.5) is 0 Å². The highest BCUT2D eigenvalue weighted by atomic mass is 16.4. The van der Waals surface area contributed by atoms with Gasteiger partial charge < -0.3 is 20.5 Å². The first-order chi connectivity index (χ1) is 23.4. The van der Waals surface area contributed by atoms with Gasteiger partial charge in [-0.2, -0.15) is 0 Å². The predicted octanol–water partition coefficient (Wildman–Crippen LogP) is 6.96. The van der Waals surface area contributed by atoms with Gasteiger partial charge in [0.2, 0.25) is 0 Å². The number of hydrogen-bond acceptors (Lipinski definition) is 5. The summed E-state index contributed by atoms with van der Waals surface area (Å²) in [4.78, 5) is 39.3. The number of rotatable bonds is 5. The van der Waals surface area contributed by atoms with E-state index in [4.69, 9.17) is 4.99 Å². The number of aliphatic carboxylic acids is 2. The first kappa shape index (κ1) is 28.9. The smallest absolute Gasteiger partial charge is 0.340 e. The van der Waals surface area contributed by atoms with Crippen molar-refractivity contribution in [1.29, 1.82) is 0 Å². The van der Waals surface area contributed by atoms with Gasteiger partial charge in [0.05, 0.1) is 34.6 Å². The summed E-state index contributed by atoms with van der Waals surface area (Å²) < 4.78 is 0. The molecule has 0 fully saturated rings. The second-order valence-corrected chi connectivity index (χ2v) is 11.9. The molecule has 8 bridgehead atoms. The predicted molar refractivity (Wildman–Crippen MR) is 187 cm³/mol. The molecule has 5 heterocycles. The molecule has 0 aliphatic carbocycles. The van der Waals surface area contributed by atoms with Gasteiger partial charge in [0, 0.05) is 17.0 Å². The van der Waals surface area contributed by atoms with Crippen molar-refractivity contribution in [3.8, 4) is 22.3 Å². The molecular formula is C40H28N4O4. The monoisotopic (exact) mass is 628 g/mol. The molecule has 8 rings (SSSR count). The normalized spacial score (nSPS) is 24.3. The van der Waals surface area contributed by atoms with Crippen LogP contribution in [0, 0.1) is 0 Å². The molecule has 0 spiro atoms. The molecule has 0 saturated heterocycles. The average Bonchev–Trinajstić information content (AvgIpc) is 3.92. The number of aromatic amines is 1. The SMILES string of the molecule is O=C(O)/C1=C2\C=CC(N2)C(C(=O)O)(c2ccccc2)C2=N/C(=C\c3[nH]c(cc3-c3cccc(-c4ccccc4)c3)/C=C3/C=CC1=N3)C=C2. The molecule has 2 unspecified atom stereocenters. The summed E-state index contributed by atoms with van der Waals surface area (Å²) in [6, 6.07) is 28.5. The Bertz CT molecular complexity index is 2270. The average molecular weight is 629 g/mol. The maximum absolute atomic E-state index is 13.5. The fourth-order valence-corrected chi connectivity index (χ4v) is 6.78. The van der Waals surface area contributed by atoms with Gasteiger partial charge in [-0.25, -0.2) is 9.79 Å². The maximum atomic E-state index is 13.5. The lowest BCUT2D eigenvalue weighted by atomic mass is 9.70. The summed E-state index contributed by atoms with van der Waals surface area (Å²) in [5.74, 6) is -2.30. The molecular weight excluding hydrogens is 600 g/mol. The Balaban J connectivity index is 1.36. The second kappa shape index (κ2) is 11.4. The van der Waals surface area contributed by atoms with E-state index in [1.807, 2.05) is 60.7 Å². The lowest BCUT2D eigenvalue weighted by Crippen LogP contribution is -2.55. The number of carbonyl (C=O) groups is 2. The number of carboxylic acids is 2. The number of carboxylic acid groups (broad SMARTS) is 2. The van der Waals surface area contributed by atoms with Gasteiger partial charge in [-0.15, -0.1) is 0 Å². The van der Waals surface area contributed by atoms with E-state index in [0.717, 1.165) is 33.6 Å². The minimum atomic E-state index is -1.68. The second-order valence-electron chi connectivity index (χ2n) is 11.9. The summed E-state index contributed by atoms with van der Waals surface area (Å²) in [7, 11) is 0. The van der Waals surface area contributed by atoms with Crippen molar-refractivity contribution < 1.29 is 19.8 Å². The number of allylic oxidation sites excluding steroid dienone is 5. The van der Waals surface area contributed by atoms with Crippen molar-refractivity contribution in [2.45, 2.75) is 11.5 Å². The summed E-state index contributed by atoms with van der Waals surface area (Å²) in [5, 5.41) is 24.6. The molecule has 4 aromatic rings. The number of nitrogens with zero attached hydrogens (tertiary/aromatic N) is 2. The van der Waals surface area contributed by atoms with Gasteiger partial charge in [-0.3, -0.25) is 9.79 Å². The van der Waals surface area contributed by atoms with Crippen molar-refractivity contribution in [2.75, 3.05) is 0 Å². The molecule has 232 valence electrons. The van der Waals surface area contributed by atoms with E-state index in [2.05, 4.69) is 39.6 Å². The van der Waals surface area contributed by atoms with Gasteiger partial charge in [0.15, 0.2) is 5.41 Å². The zero-order valence-corrected chi connectivity index (χ0v) is 25.5. The van der Waals surface area contributed by atoms with E-state index in [1.165, 1.54) is 0 Å². The third-order valence-corrected chi connectivity index (χ3v) is 9.01. The van der Waals surface area contributed by atoms with Crippen molar-refractivity contribution in [2.24, 2.45) is 9.98 Å². The van der Waals surface area contributed by atoms with E-state index in [9.17, 15) is 19.8 Å². The van der Waals surface area contributed by atoms with Crippen molar-refractivity contribution >= 4 is 35.5 Å². The van der Waals surface area contributed by atoms with Crippen LogP contribution in [0.25, 0.3) is 34.4 Å². The molecule has 48 heavy (non-hydrogen) atoms. The topological polar surface area (TPSA) is 127 Å². The van der Waals surface area contributed by atoms with E-state index in [0.29, 0.717) is 22.7 Å². The molecule has 8 heteroatoms. The van der Waals surface area contributed by atoms with Gasteiger partial charge in [-0.1, -0.05) is 84.9 Å². The fourth-order valence-electron chi connectivity index (χ4n) is 6.78. The van der Waals surface area contributed by atoms with E-state index < -0.39 is 23.4 Å². The fraction of sp³-hybridized carbons (Fsp3) is 0.0500. The van der Waals surface area contributed by atoms with Crippen molar-refractivity contribution in [3.05, 3.63) is 167 Å². The van der Waals surface area contributed by atoms with E-state index in [-0.39, 0.29) is 17.0 Å². The Morgan fingerprint density at radius 3 is 2.19 bits per heavy atom. The Hall–Kier alpha value is -6.54. The first-order valence-corrected chi connectivity index (χ1v) is 15.5. The Kier molecular flexibility index (Phi) is 6.84. The lowest BCUT2D eigenvalue weighted by molar-refractivity contribution is -0.141. The van der Waals surface area contributed by atoms with E-state index in [1.54, 1.807) is 54.6 Å². The minimum absolute atomic E-state index is 0.0528. The Labute approximate surface area is 275 Å². The number of hydrogen-bond donors (Lipinski definition) is 4. The number of benzene rings is 3. The first-order valence-electron chi connectivity index (χ1n) is 15.5. The zero-order chi connectivity index (χ0) is 32.8. The van der Waals surface area contributed by atoms with Crippen molar-refractivity contribution in [1.82, 2.24) is 10.3 Å². The third-order valence-electron chi connectivity index (χ3n) is 9.01. The van der Waals surface area contributed by atoms with Crippen LogP contribution in [0.15, 0.2) is 160 Å². The van der Waals surface area contributed by atoms with Gasteiger partial charge in [-0.05, 0) is 76.9 Å². The summed E-state index contributed by atoms with van der Waals surface area (Å²) in [5.41, 5.74) is 6.38. The lowest BCUT2D eigenvalue weighted by Gasteiger charge is -2.35. The van der Waals surface area contributed by atoms with Crippen LogP contribution < -0.4 is 5.32 Å². The molecule has 0 saturated carbocycles. The summed E-state index contributed by atoms with van der Waals surface area (Å²) in [6.45, 7) is 0. The quantitative estimate of drug-likeness (QED) is 0.190. The van der Waals surface area contributed by atoms with Crippen LogP contribution in [-0.4, -0.2) is 44.6 Å². The van der Waals surface area contributed by atoms with Crippen LogP contribution in [0.1, 0.15) is 17.0 Å². The minimum Gasteiger partial charge on any atom is -0.480 e. The summed E-state index contributed by atoms with van der Waals surface area (Å²) >= 11 is 0. The molecule has 0 amide bonds. The zero-order valence-electron chi connectivity index (χ0n) is 25.5. The molecule has 8 nitrogen and oxygen atoms in total. The van der Waals surface area contributed by atoms with Gasteiger partial charge in [0.25, 0.3) is 0 Å². The highest BCUT2D eigenvalue weighted by Gasteiger charge is 2.52. The highest BCUT2D eigenvalue weighted by Crippen LogP contribution is 2.39. The van der Waals surface area contributed by atoms with Crippen molar-refractivity contribution in [3.63, 3.8) is 0 Å². The third kappa shape index (κ3) is 4.78. The number of aromatic nitrogens is 1. The standard InChI is InChI=1S/C40H28N4O4/c45-38(46)37-32-16-14-28(41-32)21-30-22-31(26-11-7-10-25(20-26)24-8-3-1-4-9-24)34(42-30)23-29-15-18-35(43-29)40(39(47)48,27-12-5-2-6-13-27)36-19-17-33(37)44-36/h1-23,36,42,44H,(H,45,46)(H,47,48)/b28-21-,29-23-,37-33+. The van der Waals surface area contributed by atoms with Crippen LogP contribution in [0.3, 0.4) is 0 Å². The number of H-pyrrole nitrogens is 1. The molecule has 0 radical (unpaired) electrons. The molecule has 1 aromatic heterocycles. The van der Waals surface area contributed by atoms with Gasteiger partial charge in [0.1, 0.15) is 5.57 Å². The molecule has 4 N–H and O–H groups in total. The molecule has 2 atom stereocenters. The largest absolute Gasteiger partial charge is 0.480 e. The number of nitrogens with one attached hydrogen (secondary N) is 2. The van der Waals surface area contributed by atoms with Crippen LogP contribution >= 0.6 is 0 Å². The van der Waals surface area contributed by atoms with E-state index >= 15 is 0 Å². The molecule has 4 aliphatic heterocycles. The number of aliphatic imine (C=N–C) groups is 2.